The second-order valence-corrected chi connectivity index (χ2v) is 7.07. The maximum atomic E-state index is 12.2. The molecular weight excluding hydrogens is 380 g/mol. The molecule has 3 aromatic rings. The number of aryl methyl sites for hydroxylation is 1. The Kier molecular flexibility index (Phi) is 6.80. The van der Waals surface area contributed by atoms with Gasteiger partial charge in [0, 0.05) is 5.56 Å². The van der Waals surface area contributed by atoms with Crippen LogP contribution in [0.3, 0.4) is 0 Å². The molecule has 6 nitrogen and oxygen atoms in total. The molecule has 154 valence electrons. The topological polar surface area (TPSA) is 84.5 Å². The fourth-order valence-corrected chi connectivity index (χ4v) is 3.15. The summed E-state index contributed by atoms with van der Waals surface area (Å²) in [6.07, 6.45) is 0. The van der Waals surface area contributed by atoms with Gasteiger partial charge in [-0.3, -0.25) is 14.4 Å². The minimum atomic E-state index is -0.677. The maximum Gasteiger partial charge on any atom is 0.325 e. The fourth-order valence-electron chi connectivity index (χ4n) is 3.15. The zero-order valence-electron chi connectivity index (χ0n) is 17.0. The van der Waals surface area contributed by atoms with E-state index in [1.807, 2.05) is 68.4 Å². The molecule has 0 radical (unpaired) electrons. The molecule has 0 aromatic heterocycles. The van der Waals surface area contributed by atoms with Crippen molar-refractivity contribution in [3.8, 4) is 0 Å². The summed E-state index contributed by atoms with van der Waals surface area (Å²) >= 11 is 0. The monoisotopic (exact) mass is 404 g/mol. The van der Waals surface area contributed by atoms with E-state index in [2.05, 4.69) is 10.6 Å². The number of carbonyl (C=O) groups excluding carboxylic acids is 3. The van der Waals surface area contributed by atoms with Gasteiger partial charge in [0.15, 0.2) is 6.61 Å². The molecule has 0 heterocycles. The van der Waals surface area contributed by atoms with Gasteiger partial charge in [0.2, 0.25) is 0 Å². The summed E-state index contributed by atoms with van der Waals surface area (Å²) < 4.78 is 4.97. The Morgan fingerprint density at radius 2 is 1.63 bits per heavy atom. The van der Waals surface area contributed by atoms with E-state index in [0.29, 0.717) is 5.56 Å². The Labute approximate surface area is 175 Å². The van der Waals surface area contributed by atoms with E-state index in [1.165, 1.54) is 0 Å². The number of ether oxygens (including phenoxy) is 1. The average Bonchev–Trinajstić information content (AvgIpc) is 2.76. The molecule has 3 aromatic carbocycles. The Hall–Kier alpha value is -3.67. The molecule has 0 aliphatic heterocycles. The first-order chi connectivity index (χ1) is 14.4. The Bertz CT molecular complexity index is 1050. The molecular formula is C24H24N2O4. The van der Waals surface area contributed by atoms with E-state index in [4.69, 9.17) is 4.74 Å². The molecule has 0 bridgehead atoms. The molecule has 0 spiro atoms. The summed E-state index contributed by atoms with van der Waals surface area (Å²) in [5.74, 6) is -1.46. The lowest BCUT2D eigenvalue weighted by molar-refractivity contribution is -0.147. The van der Waals surface area contributed by atoms with Crippen LogP contribution >= 0.6 is 0 Å². The summed E-state index contributed by atoms with van der Waals surface area (Å²) in [7, 11) is 0. The van der Waals surface area contributed by atoms with Crippen LogP contribution < -0.4 is 10.6 Å². The van der Waals surface area contributed by atoms with Crippen molar-refractivity contribution >= 4 is 28.6 Å². The number of benzene rings is 3. The van der Waals surface area contributed by atoms with E-state index in [0.717, 1.165) is 21.9 Å². The number of amides is 2. The highest BCUT2D eigenvalue weighted by Crippen LogP contribution is 2.23. The van der Waals surface area contributed by atoms with Crippen LogP contribution in [0.2, 0.25) is 0 Å². The third-order valence-electron chi connectivity index (χ3n) is 4.74. The van der Waals surface area contributed by atoms with Crippen molar-refractivity contribution < 1.29 is 19.1 Å². The second kappa shape index (κ2) is 9.69. The van der Waals surface area contributed by atoms with Crippen molar-refractivity contribution in [3.63, 3.8) is 0 Å². The predicted molar refractivity (Wildman–Crippen MR) is 115 cm³/mol. The van der Waals surface area contributed by atoms with Crippen LogP contribution in [-0.4, -0.2) is 30.9 Å². The summed E-state index contributed by atoms with van der Waals surface area (Å²) in [6.45, 7) is 3.09. The third-order valence-corrected chi connectivity index (χ3v) is 4.74. The van der Waals surface area contributed by atoms with Crippen molar-refractivity contribution in [3.05, 3.63) is 83.4 Å². The number of carbonyl (C=O) groups is 3. The Morgan fingerprint density at radius 1 is 0.933 bits per heavy atom. The number of hydrogen-bond donors (Lipinski definition) is 2. The molecule has 0 saturated heterocycles. The van der Waals surface area contributed by atoms with Gasteiger partial charge >= 0.3 is 5.97 Å². The maximum absolute atomic E-state index is 12.2. The summed E-state index contributed by atoms with van der Waals surface area (Å²) in [5.41, 5.74) is 2.47. The first kappa shape index (κ1) is 21.0. The van der Waals surface area contributed by atoms with Crippen LogP contribution in [0.4, 0.5) is 0 Å². The molecule has 0 aliphatic rings. The molecule has 0 fully saturated rings. The van der Waals surface area contributed by atoms with Crippen LogP contribution in [0.5, 0.6) is 0 Å². The fraction of sp³-hybridized carbons (Fsp3) is 0.208. The lowest BCUT2D eigenvalue weighted by atomic mass is 10.00. The quantitative estimate of drug-likeness (QED) is 0.592. The van der Waals surface area contributed by atoms with Crippen molar-refractivity contribution in [1.82, 2.24) is 10.6 Å². The normalized spacial score (nSPS) is 11.5. The number of rotatable bonds is 7. The highest BCUT2D eigenvalue weighted by molar-refractivity contribution is 5.96. The number of hydrogen-bond acceptors (Lipinski definition) is 4. The summed E-state index contributed by atoms with van der Waals surface area (Å²) in [5, 5.41) is 7.47. The van der Waals surface area contributed by atoms with Gasteiger partial charge in [0.25, 0.3) is 11.8 Å². The lowest BCUT2D eigenvalue weighted by Crippen LogP contribution is -2.34. The highest BCUT2D eigenvalue weighted by atomic mass is 16.5. The van der Waals surface area contributed by atoms with E-state index >= 15 is 0 Å². The predicted octanol–water partition coefficient (Wildman–Crippen LogP) is 3.30. The SMILES string of the molecule is Cc1ccc(C(=O)NCC(=O)OCC(=O)NC(C)c2cccc3ccccc23)cc1. The molecule has 0 aliphatic carbocycles. The van der Waals surface area contributed by atoms with E-state index < -0.39 is 18.5 Å². The first-order valence-electron chi connectivity index (χ1n) is 9.71. The van der Waals surface area contributed by atoms with Crippen LogP contribution in [0, 0.1) is 6.92 Å². The zero-order chi connectivity index (χ0) is 21.5. The van der Waals surface area contributed by atoms with Gasteiger partial charge in [0.05, 0.1) is 6.04 Å². The average molecular weight is 404 g/mol. The molecule has 2 N–H and O–H groups in total. The third kappa shape index (κ3) is 5.44. The van der Waals surface area contributed by atoms with E-state index in [9.17, 15) is 14.4 Å². The van der Waals surface area contributed by atoms with Gasteiger partial charge in [0.1, 0.15) is 6.54 Å². The lowest BCUT2D eigenvalue weighted by Gasteiger charge is -2.16. The minimum Gasteiger partial charge on any atom is -0.454 e. The number of fused-ring (bicyclic) bond motifs is 1. The van der Waals surface area contributed by atoms with Crippen molar-refractivity contribution in [2.24, 2.45) is 0 Å². The Balaban J connectivity index is 1.46. The van der Waals surface area contributed by atoms with Crippen LogP contribution in [0.1, 0.15) is 34.5 Å². The molecule has 30 heavy (non-hydrogen) atoms. The van der Waals surface area contributed by atoms with Gasteiger partial charge in [-0.25, -0.2) is 0 Å². The highest BCUT2D eigenvalue weighted by Gasteiger charge is 2.14. The van der Waals surface area contributed by atoms with E-state index in [-0.39, 0.29) is 18.5 Å². The van der Waals surface area contributed by atoms with Gasteiger partial charge in [-0.2, -0.15) is 0 Å². The van der Waals surface area contributed by atoms with Crippen molar-refractivity contribution in [2.45, 2.75) is 19.9 Å². The summed E-state index contributed by atoms with van der Waals surface area (Å²) in [6, 6.07) is 20.6. The number of esters is 1. The van der Waals surface area contributed by atoms with Crippen LogP contribution in [0.25, 0.3) is 10.8 Å². The molecule has 3 rings (SSSR count). The molecule has 0 saturated carbocycles. The van der Waals surface area contributed by atoms with Crippen LogP contribution in [-0.2, 0) is 14.3 Å². The Morgan fingerprint density at radius 3 is 2.40 bits per heavy atom. The molecule has 1 unspecified atom stereocenters. The minimum absolute atomic E-state index is 0.247. The van der Waals surface area contributed by atoms with Crippen molar-refractivity contribution in [1.29, 1.82) is 0 Å². The van der Waals surface area contributed by atoms with Gasteiger partial charge < -0.3 is 15.4 Å². The smallest absolute Gasteiger partial charge is 0.325 e. The first-order valence-corrected chi connectivity index (χ1v) is 9.71. The van der Waals surface area contributed by atoms with Crippen molar-refractivity contribution in [2.75, 3.05) is 13.2 Å². The van der Waals surface area contributed by atoms with Crippen LogP contribution in [0.15, 0.2) is 66.7 Å². The molecule has 1 atom stereocenters. The van der Waals surface area contributed by atoms with Gasteiger partial charge in [-0.15, -0.1) is 0 Å². The summed E-state index contributed by atoms with van der Waals surface area (Å²) in [4.78, 5) is 36.0. The van der Waals surface area contributed by atoms with Gasteiger partial charge in [-0.05, 0) is 42.3 Å². The molecule has 2 amide bonds. The largest absolute Gasteiger partial charge is 0.454 e. The number of nitrogens with one attached hydrogen (secondary N) is 2. The van der Waals surface area contributed by atoms with Gasteiger partial charge in [-0.1, -0.05) is 60.2 Å². The van der Waals surface area contributed by atoms with E-state index in [1.54, 1.807) is 12.1 Å². The standard InChI is InChI=1S/C24H24N2O4/c1-16-10-12-19(13-11-16)24(29)25-14-23(28)30-15-22(27)26-17(2)20-9-5-7-18-6-3-4-8-21(18)20/h3-13,17H,14-15H2,1-2H3,(H,25,29)(H,26,27). The zero-order valence-corrected chi connectivity index (χ0v) is 17.0. The second-order valence-electron chi connectivity index (χ2n) is 7.07. The molecule has 6 heteroatoms.